The van der Waals surface area contributed by atoms with E-state index in [1.807, 2.05) is 78.9 Å². The van der Waals surface area contributed by atoms with E-state index in [4.69, 9.17) is 0 Å². The Bertz CT molecular complexity index is 1020. The summed E-state index contributed by atoms with van der Waals surface area (Å²) in [7, 11) is 0. The molecular formula is C24H21N3O2. The van der Waals surface area contributed by atoms with Crippen LogP contribution in [0.5, 0.6) is 0 Å². The predicted octanol–water partition coefficient (Wildman–Crippen LogP) is 4.37. The molecule has 1 aliphatic rings. The van der Waals surface area contributed by atoms with Crippen molar-refractivity contribution in [1.29, 1.82) is 0 Å². The van der Waals surface area contributed by atoms with Gasteiger partial charge >= 0.3 is 6.03 Å². The number of carbonyl (C=O) groups excluding carboxylic acids is 2. The molecule has 3 aromatic rings. The van der Waals surface area contributed by atoms with Crippen molar-refractivity contribution in [2.24, 2.45) is 0 Å². The van der Waals surface area contributed by atoms with Crippen molar-refractivity contribution < 1.29 is 9.59 Å². The number of hydrogen-bond acceptors (Lipinski definition) is 3. The van der Waals surface area contributed by atoms with Crippen LogP contribution in [0.15, 0.2) is 90.6 Å². The first-order chi connectivity index (χ1) is 14.2. The van der Waals surface area contributed by atoms with Crippen LogP contribution in [0, 0.1) is 0 Å². The quantitative estimate of drug-likeness (QED) is 0.684. The number of ketones is 1. The summed E-state index contributed by atoms with van der Waals surface area (Å²) in [6, 6.07) is 24.2. The van der Waals surface area contributed by atoms with E-state index in [2.05, 4.69) is 10.3 Å². The molecule has 0 bridgehead atoms. The first-order valence-electron chi connectivity index (χ1n) is 9.52. The van der Waals surface area contributed by atoms with Gasteiger partial charge in [0, 0.05) is 24.0 Å². The molecule has 2 aromatic carbocycles. The largest absolute Gasteiger partial charge is 0.322 e. The highest BCUT2D eigenvalue weighted by Crippen LogP contribution is 2.28. The van der Waals surface area contributed by atoms with Gasteiger partial charge in [0.1, 0.15) is 0 Å². The van der Waals surface area contributed by atoms with Crippen molar-refractivity contribution in [3.8, 4) is 0 Å². The molecule has 1 saturated heterocycles. The number of carbonyl (C=O) groups is 2. The van der Waals surface area contributed by atoms with Gasteiger partial charge in [0.2, 0.25) is 0 Å². The van der Waals surface area contributed by atoms with E-state index in [-0.39, 0.29) is 18.4 Å². The maximum absolute atomic E-state index is 13.2. The Labute approximate surface area is 169 Å². The molecule has 0 spiro atoms. The van der Waals surface area contributed by atoms with Gasteiger partial charge in [-0.05, 0) is 35.9 Å². The maximum atomic E-state index is 13.2. The highest BCUT2D eigenvalue weighted by atomic mass is 16.2. The van der Waals surface area contributed by atoms with Gasteiger partial charge in [-0.15, -0.1) is 0 Å². The lowest BCUT2D eigenvalue weighted by atomic mass is 9.86. The third-order valence-corrected chi connectivity index (χ3v) is 4.92. The highest BCUT2D eigenvalue weighted by molar-refractivity contribution is 6.06. The molecule has 29 heavy (non-hydrogen) atoms. The molecule has 0 saturated carbocycles. The number of urea groups is 1. The maximum Gasteiger partial charge on any atom is 0.322 e. The van der Waals surface area contributed by atoms with E-state index in [1.54, 1.807) is 17.2 Å². The van der Waals surface area contributed by atoms with Crippen LogP contribution in [0.25, 0.3) is 6.08 Å². The number of likely N-dealkylation sites (tertiary alicyclic amines) is 1. The summed E-state index contributed by atoms with van der Waals surface area (Å²) < 4.78 is 0. The molecule has 144 valence electrons. The van der Waals surface area contributed by atoms with Gasteiger partial charge in [0.15, 0.2) is 5.78 Å². The van der Waals surface area contributed by atoms with Crippen LogP contribution in [-0.2, 0) is 4.79 Å². The van der Waals surface area contributed by atoms with Crippen LogP contribution in [0.4, 0.5) is 10.5 Å². The fourth-order valence-electron chi connectivity index (χ4n) is 3.45. The Morgan fingerprint density at radius 3 is 2.34 bits per heavy atom. The third kappa shape index (κ3) is 4.41. The molecule has 0 radical (unpaired) electrons. The van der Waals surface area contributed by atoms with Crippen LogP contribution in [-0.4, -0.2) is 34.8 Å². The molecule has 1 aliphatic heterocycles. The summed E-state index contributed by atoms with van der Waals surface area (Å²) in [4.78, 5) is 32.1. The number of hydrogen-bond donors (Lipinski definition) is 1. The Kier molecular flexibility index (Phi) is 5.47. The lowest BCUT2D eigenvalue weighted by molar-refractivity contribution is -0.118. The molecule has 4 rings (SSSR count). The summed E-state index contributed by atoms with van der Waals surface area (Å²) in [5.74, 6) is -0.368. The number of Topliss-reactive ketones (excluding diaryl/α,β-unsaturated/α-hetero) is 1. The molecule has 0 aliphatic carbocycles. The van der Waals surface area contributed by atoms with Crippen molar-refractivity contribution in [3.63, 3.8) is 0 Å². The number of anilines is 1. The number of rotatable bonds is 3. The molecule has 2 amide bonds. The molecule has 1 fully saturated rings. The number of pyridine rings is 1. The van der Waals surface area contributed by atoms with Crippen molar-refractivity contribution >= 4 is 23.6 Å². The van der Waals surface area contributed by atoms with Gasteiger partial charge < -0.3 is 10.2 Å². The van der Waals surface area contributed by atoms with Crippen molar-refractivity contribution in [3.05, 3.63) is 102 Å². The smallest absolute Gasteiger partial charge is 0.319 e. The first kappa shape index (κ1) is 18.6. The first-order valence-corrected chi connectivity index (χ1v) is 9.52. The molecule has 1 unspecified atom stereocenters. The van der Waals surface area contributed by atoms with Gasteiger partial charge in [-0.25, -0.2) is 4.79 Å². The van der Waals surface area contributed by atoms with Crippen LogP contribution in [0.1, 0.15) is 17.2 Å². The SMILES string of the molecule is O=C1/C(=C\c2ccccn2)CN(C(=O)Nc2ccccc2)CC1c1ccccc1. The molecule has 2 heterocycles. The molecule has 5 nitrogen and oxygen atoms in total. The average Bonchev–Trinajstić information content (AvgIpc) is 2.77. The zero-order valence-corrected chi connectivity index (χ0v) is 15.9. The van der Waals surface area contributed by atoms with Crippen LogP contribution in [0.2, 0.25) is 0 Å². The minimum atomic E-state index is -0.401. The second kappa shape index (κ2) is 8.52. The van der Waals surface area contributed by atoms with Crippen molar-refractivity contribution in [1.82, 2.24) is 9.88 Å². The van der Waals surface area contributed by atoms with Crippen LogP contribution in [0.3, 0.4) is 0 Å². The summed E-state index contributed by atoms with van der Waals surface area (Å²) >= 11 is 0. The normalized spacial score (nSPS) is 17.9. The Morgan fingerprint density at radius 1 is 0.966 bits per heavy atom. The lowest BCUT2D eigenvalue weighted by Crippen LogP contribution is -2.46. The van der Waals surface area contributed by atoms with E-state index in [1.165, 1.54) is 0 Å². The summed E-state index contributed by atoms with van der Waals surface area (Å²) in [5.41, 5.74) is 2.91. The summed E-state index contributed by atoms with van der Waals surface area (Å²) in [6.45, 7) is 0.582. The van der Waals surface area contributed by atoms with Gasteiger partial charge in [-0.1, -0.05) is 54.6 Å². The number of piperidine rings is 1. The second-order valence-corrected chi connectivity index (χ2v) is 6.93. The topological polar surface area (TPSA) is 62.3 Å². The minimum absolute atomic E-state index is 0.0330. The Morgan fingerprint density at radius 2 is 1.66 bits per heavy atom. The molecular weight excluding hydrogens is 362 g/mol. The van der Waals surface area contributed by atoms with Crippen LogP contribution < -0.4 is 5.32 Å². The van der Waals surface area contributed by atoms with Gasteiger partial charge in [0.05, 0.1) is 18.2 Å². The minimum Gasteiger partial charge on any atom is -0.319 e. The van der Waals surface area contributed by atoms with Gasteiger partial charge in [-0.3, -0.25) is 9.78 Å². The molecule has 5 heteroatoms. The lowest BCUT2D eigenvalue weighted by Gasteiger charge is -2.33. The van der Waals surface area contributed by atoms with E-state index < -0.39 is 5.92 Å². The number of para-hydroxylation sites is 1. The number of aromatic nitrogens is 1. The van der Waals surface area contributed by atoms with Gasteiger partial charge in [-0.2, -0.15) is 0 Å². The summed E-state index contributed by atoms with van der Waals surface area (Å²) in [5, 5.41) is 2.92. The zero-order valence-electron chi connectivity index (χ0n) is 15.9. The fourth-order valence-corrected chi connectivity index (χ4v) is 3.45. The number of nitrogens with zero attached hydrogens (tertiary/aromatic N) is 2. The molecule has 1 atom stereocenters. The fraction of sp³-hybridized carbons (Fsp3) is 0.125. The van der Waals surface area contributed by atoms with Crippen molar-refractivity contribution in [2.75, 3.05) is 18.4 Å². The number of benzene rings is 2. The molecule has 1 N–H and O–H groups in total. The summed E-state index contributed by atoms with van der Waals surface area (Å²) in [6.07, 6.45) is 3.47. The highest BCUT2D eigenvalue weighted by Gasteiger charge is 2.34. The predicted molar refractivity (Wildman–Crippen MR) is 113 cm³/mol. The number of amides is 2. The average molecular weight is 383 g/mol. The van der Waals surface area contributed by atoms with Crippen LogP contribution >= 0.6 is 0 Å². The Balaban J connectivity index is 1.64. The third-order valence-electron chi connectivity index (χ3n) is 4.92. The van der Waals surface area contributed by atoms with E-state index in [9.17, 15) is 9.59 Å². The standard InChI is InChI=1S/C24H21N3O2/c28-23-19(15-21-13-7-8-14-25-21)16-27(17-22(23)18-9-3-1-4-10-18)24(29)26-20-11-5-2-6-12-20/h1-15,22H,16-17H2,(H,26,29)/b19-15-. The zero-order chi connectivity index (χ0) is 20.1. The number of nitrogens with one attached hydrogen (secondary N) is 1. The van der Waals surface area contributed by atoms with E-state index in [0.717, 1.165) is 11.3 Å². The van der Waals surface area contributed by atoms with Gasteiger partial charge in [0.25, 0.3) is 0 Å². The second-order valence-electron chi connectivity index (χ2n) is 6.93. The molecule has 1 aromatic heterocycles. The van der Waals surface area contributed by atoms with Crippen molar-refractivity contribution in [2.45, 2.75) is 5.92 Å². The van der Waals surface area contributed by atoms with E-state index in [0.29, 0.717) is 17.8 Å². The Hall–Kier alpha value is -3.73. The monoisotopic (exact) mass is 383 g/mol. The van der Waals surface area contributed by atoms with E-state index >= 15 is 0 Å².